The molecule has 3 rings (SSSR count). The van der Waals surface area contributed by atoms with Gasteiger partial charge in [0.05, 0.1) is 30.2 Å². The molecular weight excluding hydrogens is 490 g/mol. The molecule has 6 N–H and O–H groups in total. The predicted octanol–water partition coefficient (Wildman–Crippen LogP) is 0.413. The normalized spacial score (nSPS) is 25.6. The molecule has 4 amide bonds. The van der Waals surface area contributed by atoms with Gasteiger partial charge in [-0.2, -0.15) is 0 Å². The lowest BCUT2D eigenvalue weighted by atomic mass is 9.95. The number of aromatic nitrogens is 1. The number of carbonyl (C=O) groups is 4. The summed E-state index contributed by atoms with van der Waals surface area (Å²) in [6, 6.07) is 5.41. The van der Waals surface area contributed by atoms with Crippen molar-refractivity contribution in [3.05, 3.63) is 59.9 Å². The van der Waals surface area contributed by atoms with Crippen LogP contribution in [-0.2, 0) is 20.8 Å². The molecule has 6 atom stereocenters. The number of aromatic hydroxyl groups is 1. The third-order valence-corrected chi connectivity index (χ3v) is 6.76. The molecule has 1 aliphatic rings. The van der Waals surface area contributed by atoms with Gasteiger partial charge in [-0.3, -0.25) is 24.2 Å². The Morgan fingerprint density at radius 3 is 2.50 bits per heavy atom. The Hall–Kier alpha value is -3.99. The van der Waals surface area contributed by atoms with Crippen molar-refractivity contribution in [1.82, 2.24) is 26.3 Å². The van der Waals surface area contributed by atoms with E-state index < -0.39 is 53.9 Å². The number of pyridine rings is 1. The Labute approximate surface area is 221 Å². The maximum Gasteiger partial charge on any atom is 0.255 e. The smallest absolute Gasteiger partial charge is 0.255 e. The van der Waals surface area contributed by atoms with Gasteiger partial charge in [0.1, 0.15) is 17.8 Å². The molecular formula is C27H35N5O6. The molecule has 0 saturated carbocycles. The standard InChI is InChI=1S/C27H35N5O6/c1-4-15(2)23-26(37)29-16(3)24(32-25(36)18-9-5-6-10-20(18)33)27(38)30-19(21(34)13-22(35)31-23)12-17-8-7-11-28-14-17/h5-11,14-16,19,21,23-24,33-34H,4,12-13H2,1-3H3,(H,29,37)(H,30,38)(H,31,35)(H,32,36). The number of hydrogen-bond acceptors (Lipinski definition) is 7. The van der Waals surface area contributed by atoms with Gasteiger partial charge in [0, 0.05) is 12.4 Å². The third kappa shape index (κ3) is 7.28. The van der Waals surface area contributed by atoms with Crippen LogP contribution in [0.1, 0.15) is 49.5 Å². The molecule has 0 bridgehead atoms. The quantitative estimate of drug-likeness (QED) is 0.317. The fourth-order valence-corrected chi connectivity index (χ4v) is 4.29. The van der Waals surface area contributed by atoms with Crippen molar-refractivity contribution in [2.24, 2.45) is 5.92 Å². The summed E-state index contributed by atoms with van der Waals surface area (Å²) in [7, 11) is 0. The van der Waals surface area contributed by atoms with Gasteiger partial charge in [-0.15, -0.1) is 0 Å². The van der Waals surface area contributed by atoms with Crippen molar-refractivity contribution in [2.45, 2.75) is 70.3 Å². The second-order valence-electron chi connectivity index (χ2n) is 9.65. The van der Waals surface area contributed by atoms with Crippen molar-refractivity contribution in [1.29, 1.82) is 0 Å². The van der Waals surface area contributed by atoms with E-state index in [1.54, 1.807) is 43.6 Å². The number of phenolic OH excluding ortho intramolecular Hbond substituents is 1. The Bertz CT molecular complexity index is 1140. The first-order valence-electron chi connectivity index (χ1n) is 12.7. The molecule has 0 radical (unpaired) electrons. The number of aliphatic hydroxyl groups excluding tert-OH is 1. The first kappa shape index (κ1) is 28.6. The monoisotopic (exact) mass is 525 g/mol. The molecule has 1 aromatic carbocycles. The van der Waals surface area contributed by atoms with Crippen LogP contribution in [0.4, 0.5) is 0 Å². The Morgan fingerprint density at radius 1 is 1.11 bits per heavy atom. The summed E-state index contributed by atoms with van der Waals surface area (Å²) in [5, 5.41) is 31.9. The fourth-order valence-electron chi connectivity index (χ4n) is 4.29. The minimum atomic E-state index is -1.29. The molecule has 1 fully saturated rings. The zero-order valence-corrected chi connectivity index (χ0v) is 21.7. The molecule has 2 aromatic rings. The summed E-state index contributed by atoms with van der Waals surface area (Å²) in [6.07, 6.45) is 2.31. The first-order valence-corrected chi connectivity index (χ1v) is 12.7. The number of carbonyl (C=O) groups excluding carboxylic acids is 4. The van der Waals surface area contributed by atoms with E-state index in [-0.39, 0.29) is 30.1 Å². The number of rotatable bonds is 6. The summed E-state index contributed by atoms with van der Waals surface area (Å²) in [4.78, 5) is 56.5. The van der Waals surface area contributed by atoms with Gasteiger partial charge in [0.2, 0.25) is 17.7 Å². The maximum atomic E-state index is 13.5. The molecule has 204 valence electrons. The topological polar surface area (TPSA) is 170 Å². The summed E-state index contributed by atoms with van der Waals surface area (Å²) in [5.41, 5.74) is 0.680. The lowest BCUT2D eigenvalue weighted by Crippen LogP contribution is -2.63. The van der Waals surface area contributed by atoms with E-state index in [9.17, 15) is 29.4 Å². The second-order valence-corrected chi connectivity index (χ2v) is 9.65. The highest BCUT2D eigenvalue weighted by Gasteiger charge is 2.36. The molecule has 11 nitrogen and oxygen atoms in total. The van der Waals surface area contributed by atoms with E-state index in [0.717, 1.165) is 5.56 Å². The lowest BCUT2D eigenvalue weighted by molar-refractivity contribution is -0.133. The average molecular weight is 526 g/mol. The van der Waals surface area contributed by atoms with Crippen LogP contribution in [-0.4, -0.2) is 69.1 Å². The number of nitrogens with zero attached hydrogens (tertiary/aromatic N) is 1. The highest BCUT2D eigenvalue weighted by molar-refractivity contribution is 6.00. The number of para-hydroxylation sites is 1. The van der Waals surface area contributed by atoms with Crippen LogP contribution in [0.3, 0.4) is 0 Å². The molecule has 0 spiro atoms. The number of amides is 4. The van der Waals surface area contributed by atoms with Crippen LogP contribution in [0.2, 0.25) is 0 Å². The van der Waals surface area contributed by atoms with Gasteiger partial charge < -0.3 is 31.5 Å². The minimum absolute atomic E-state index is 0.0402. The van der Waals surface area contributed by atoms with Gasteiger partial charge in [-0.1, -0.05) is 38.5 Å². The van der Waals surface area contributed by atoms with Crippen molar-refractivity contribution >= 4 is 23.6 Å². The first-order chi connectivity index (χ1) is 18.1. The molecule has 0 aliphatic carbocycles. The van der Waals surface area contributed by atoms with Crippen LogP contribution in [0, 0.1) is 5.92 Å². The van der Waals surface area contributed by atoms with Crippen LogP contribution < -0.4 is 21.3 Å². The van der Waals surface area contributed by atoms with Crippen LogP contribution >= 0.6 is 0 Å². The molecule has 1 aliphatic heterocycles. The Balaban J connectivity index is 1.96. The Kier molecular flexibility index (Phi) is 9.78. The molecule has 2 heterocycles. The van der Waals surface area contributed by atoms with E-state index in [0.29, 0.717) is 6.42 Å². The predicted molar refractivity (Wildman–Crippen MR) is 139 cm³/mol. The van der Waals surface area contributed by atoms with E-state index >= 15 is 0 Å². The molecule has 11 heteroatoms. The van der Waals surface area contributed by atoms with Crippen LogP contribution in [0.25, 0.3) is 0 Å². The molecule has 1 saturated heterocycles. The number of aliphatic hydroxyl groups is 1. The number of nitrogens with one attached hydrogen (secondary N) is 4. The summed E-state index contributed by atoms with van der Waals surface area (Å²) in [6.45, 7) is 5.25. The molecule has 38 heavy (non-hydrogen) atoms. The highest BCUT2D eigenvalue weighted by Crippen LogP contribution is 2.17. The SMILES string of the molecule is CCC(C)C1NC(=O)CC(O)C(Cc2cccnc2)NC(=O)C(NC(=O)c2ccccc2O)C(C)NC1=O. The number of benzene rings is 1. The van der Waals surface area contributed by atoms with Crippen molar-refractivity contribution in [2.75, 3.05) is 0 Å². The Morgan fingerprint density at radius 2 is 1.84 bits per heavy atom. The van der Waals surface area contributed by atoms with Gasteiger partial charge in [-0.25, -0.2) is 0 Å². The van der Waals surface area contributed by atoms with Crippen LogP contribution in [0.15, 0.2) is 48.8 Å². The minimum Gasteiger partial charge on any atom is -0.507 e. The summed E-state index contributed by atoms with van der Waals surface area (Å²) < 4.78 is 0. The van der Waals surface area contributed by atoms with E-state index in [1.165, 1.54) is 12.1 Å². The zero-order chi connectivity index (χ0) is 27.8. The van der Waals surface area contributed by atoms with Gasteiger partial charge in [-0.05, 0) is 43.0 Å². The van der Waals surface area contributed by atoms with Gasteiger partial charge in [0.15, 0.2) is 0 Å². The van der Waals surface area contributed by atoms with Crippen molar-refractivity contribution < 1.29 is 29.4 Å². The van der Waals surface area contributed by atoms with Gasteiger partial charge >= 0.3 is 0 Å². The summed E-state index contributed by atoms with van der Waals surface area (Å²) >= 11 is 0. The largest absolute Gasteiger partial charge is 0.507 e. The fraction of sp³-hybridized carbons (Fsp3) is 0.444. The lowest BCUT2D eigenvalue weighted by Gasteiger charge is -2.33. The number of hydrogen-bond donors (Lipinski definition) is 6. The van der Waals surface area contributed by atoms with Crippen molar-refractivity contribution in [3.63, 3.8) is 0 Å². The average Bonchev–Trinajstić information content (AvgIpc) is 2.89. The number of phenols is 1. The van der Waals surface area contributed by atoms with E-state index in [4.69, 9.17) is 0 Å². The zero-order valence-electron chi connectivity index (χ0n) is 21.7. The highest BCUT2D eigenvalue weighted by atomic mass is 16.3. The molecule has 1 aromatic heterocycles. The maximum absolute atomic E-state index is 13.5. The van der Waals surface area contributed by atoms with E-state index in [1.807, 2.05) is 13.8 Å². The summed E-state index contributed by atoms with van der Waals surface area (Å²) in [5.74, 6) is -2.93. The molecule has 6 unspecified atom stereocenters. The van der Waals surface area contributed by atoms with Crippen LogP contribution in [0.5, 0.6) is 5.75 Å². The van der Waals surface area contributed by atoms with Crippen molar-refractivity contribution in [3.8, 4) is 5.75 Å². The third-order valence-electron chi connectivity index (χ3n) is 6.76. The van der Waals surface area contributed by atoms with E-state index in [2.05, 4.69) is 26.3 Å². The van der Waals surface area contributed by atoms with Gasteiger partial charge in [0.25, 0.3) is 5.91 Å². The second kappa shape index (κ2) is 13.0.